The van der Waals surface area contributed by atoms with Crippen molar-refractivity contribution >= 4 is 64.1 Å². The van der Waals surface area contributed by atoms with Crippen molar-refractivity contribution in [3.63, 3.8) is 0 Å². The van der Waals surface area contributed by atoms with Crippen LogP contribution < -0.4 is 0 Å². The first kappa shape index (κ1) is 18.8. The highest BCUT2D eigenvalue weighted by atomic mass is 35.5. The monoisotopic (exact) mass is 422 g/mol. The number of halogens is 4. The number of imide groups is 1. The Balaban J connectivity index is 1.89. The number of rotatable bonds is 2. The van der Waals surface area contributed by atoms with Crippen LogP contribution in [-0.4, -0.2) is 47.2 Å². The van der Waals surface area contributed by atoms with Gasteiger partial charge >= 0.3 is 0 Å². The number of likely N-dealkylation sites (tertiary alicyclic amines) is 1. The van der Waals surface area contributed by atoms with Crippen LogP contribution >= 0.6 is 46.4 Å². The highest BCUT2D eigenvalue weighted by Crippen LogP contribution is 2.44. The molecule has 1 aromatic rings. The van der Waals surface area contributed by atoms with Crippen molar-refractivity contribution in [1.29, 1.82) is 0 Å². The summed E-state index contributed by atoms with van der Waals surface area (Å²) in [7, 11) is 0. The number of hydrogen-bond acceptors (Lipinski definition) is 3. The first-order valence-electron chi connectivity index (χ1n) is 7.74. The summed E-state index contributed by atoms with van der Waals surface area (Å²) >= 11 is 24.1. The molecule has 1 unspecified atom stereocenters. The summed E-state index contributed by atoms with van der Waals surface area (Å²) in [6.07, 6.45) is 1.96. The third-order valence-electron chi connectivity index (χ3n) is 4.49. The molecule has 5 nitrogen and oxygen atoms in total. The zero-order valence-electron chi connectivity index (χ0n) is 13.2. The molecule has 0 aliphatic carbocycles. The number of hydrogen-bond donors (Lipinski definition) is 0. The Hall–Kier alpha value is -1.01. The van der Waals surface area contributed by atoms with E-state index in [4.69, 9.17) is 46.4 Å². The van der Waals surface area contributed by atoms with E-state index in [0.717, 1.165) is 17.7 Å². The Morgan fingerprint density at radius 3 is 2.00 bits per heavy atom. The van der Waals surface area contributed by atoms with Gasteiger partial charge in [-0.2, -0.15) is 0 Å². The molecule has 0 radical (unpaired) electrons. The maximum Gasteiger partial charge on any atom is 0.263 e. The van der Waals surface area contributed by atoms with Crippen molar-refractivity contribution in [2.45, 2.75) is 19.8 Å². The van der Waals surface area contributed by atoms with Crippen LogP contribution in [0.25, 0.3) is 0 Å². The van der Waals surface area contributed by atoms with Gasteiger partial charge in [-0.1, -0.05) is 53.3 Å². The van der Waals surface area contributed by atoms with E-state index in [1.165, 1.54) is 0 Å². The minimum Gasteiger partial charge on any atom is -0.341 e. The fourth-order valence-electron chi connectivity index (χ4n) is 3.19. The predicted octanol–water partition coefficient (Wildman–Crippen LogP) is 4.15. The summed E-state index contributed by atoms with van der Waals surface area (Å²) in [5.41, 5.74) is -0.211. The van der Waals surface area contributed by atoms with Crippen molar-refractivity contribution in [2.24, 2.45) is 5.92 Å². The van der Waals surface area contributed by atoms with E-state index in [-0.39, 0.29) is 43.7 Å². The van der Waals surface area contributed by atoms with Crippen molar-refractivity contribution in [2.75, 3.05) is 19.6 Å². The number of carbonyl (C=O) groups is 3. The Morgan fingerprint density at radius 1 is 1.00 bits per heavy atom. The quantitative estimate of drug-likeness (QED) is 0.407. The van der Waals surface area contributed by atoms with E-state index in [1.807, 2.05) is 0 Å². The van der Waals surface area contributed by atoms with E-state index in [2.05, 4.69) is 6.92 Å². The normalized spacial score (nSPS) is 20.3. The lowest BCUT2D eigenvalue weighted by molar-refractivity contribution is -0.133. The van der Waals surface area contributed by atoms with Gasteiger partial charge in [-0.25, -0.2) is 0 Å². The Morgan fingerprint density at radius 2 is 1.52 bits per heavy atom. The molecule has 2 aliphatic heterocycles. The topological polar surface area (TPSA) is 57.7 Å². The van der Waals surface area contributed by atoms with Crippen LogP contribution in [0.5, 0.6) is 0 Å². The standard InChI is InChI=1S/C16H14Cl4N2O3/c1-7-3-2-4-21(5-7)8(23)6-22-15(24)9-10(16(22)25)12(18)14(20)13(19)11(9)17/h7H,2-6H2,1H3. The number of amides is 3. The maximum atomic E-state index is 12.6. The van der Waals surface area contributed by atoms with Crippen LogP contribution in [0, 0.1) is 5.92 Å². The molecule has 1 saturated heterocycles. The average Bonchev–Trinajstić information content (AvgIpc) is 2.82. The molecule has 0 aromatic heterocycles. The molecular formula is C16H14Cl4N2O3. The van der Waals surface area contributed by atoms with E-state index >= 15 is 0 Å². The summed E-state index contributed by atoms with van der Waals surface area (Å²) in [5.74, 6) is -1.28. The first-order chi connectivity index (χ1) is 11.7. The van der Waals surface area contributed by atoms with Gasteiger partial charge in [-0.15, -0.1) is 0 Å². The van der Waals surface area contributed by atoms with Gasteiger partial charge < -0.3 is 4.90 Å². The van der Waals surface area contributed by atoms with Gasteiger partial charge in [0.15, 0.2) is 0 Å². The molecule has 1 aromatic carbocycles. The molecule has 0 saturated carbocycles. The van der Waals surface area contributed by atoms with E-state index in [0.29, 0.717) is 19.0 Å². The highest BCUT2D eigenvalue weighted by Gasteiger charge is 2.42. The fourth-order valence-corrected chi connectivity index (χ4v) is 4.20. The van der Waals surface area contributed by atoms with Gasteiger partial charge in [-0.3, -0.25) is 19.3 Å². The number of piperidine rings is 1. The van der Waals surface area contributed by atoms with Crippen LogP contribution in [0.3, 0.4) is 0 Å². The number of benzene rings is 1. The SMILES string of the molecule is CC1CCCN(C(=O)CN2C(=O)c3c(Cl)c(Cl)c(Cl)c(Cl)c3C2=O)C1. The largest absolute Gasteiger partial charge is 0.341 e. The molecule has 3 amide bonds. The molecule has 0 bridgehead atoms. The third-order valence-corrected chi connectivity index (χ3v) is 6.29. The highest BCUT2D eigenvalue weighted by molar-refractivity contribution is 6.55. The molecule has 1 fully saturated rings. The summed E-state index contributed by atoms with van der Waals surface area (Å²) in [6.45, 7) is 2.93. The second-order valence-corrected chi connectivity index (χ2v) is 7.80. The van der Waals surface area contributed by atoms with Crippen molar-refractivity contribution in [3.8, 4) is 0 Å². The fraction of sp³-hybridized carbons (Fsp3) is 0.438. The van der Waals surface area contributed by atoms with Crippen molar-refractivity contribution in [3.05, 3.63) is 31.2 Å². The molecule has 2 aliphatic rings. The summed E-state index contributed by atoms with van der Waals surface area (Å²) in [6, 6.07) is 0. The molecule has 134 valence electrons. The number of carbonyl (C=O) groups excluding carboxylic acids is 3. The van der Waals surface area contributed by atoms with Crippen LogP contribution in [0.4, 0.5) is 0 Å². The summed E-state index contributed by atoms with van der Waals surface area (Å²) < 4.78 is 0. The minimum atomic E-state index is -0.691. The van der Waals surface area contributed by atoms with Crippen LogP contribution in [-0.2, 0) is 4.79 Å². The zero-order chi connectivity index (χ0) is 18.5. The van der Waals surface area contributed by atoms with Gasteiger partial charge in [0.05, 0.1) is 31.2 Å². The van der Waals surface area contributed by atoms with Gasteiger partial charge in [0.2, 0.25) is 5.91 Å². The van der Waals surface area contributed by atoms with Crippen molar-refractivity contribution < 1.29 is 14.4 Å². The first-order valence-corrected chi connectivity index (χ1v) is 9.25. The predicted molar refractivity (Wildman–Crippen MR) is 96.8 cm³/mol. The van der Waals surface area contributed by atoms with Crippen LogP contribution in [0.15, 0.2) is 0 Å². The van der Waals surface area contributed by atoms with Gasteiger partial charge in [0.1, 0.15) is 6.54 Å². The van der Waals surface area contributed by atoms with E-state index in [9.17, 15) is 14.4 Å². The third kappa shape index (κ3) is 3.12. The molecule has 1 atom stereocenters. The molecule has 25 heavy (non-hydrogen) atoms. The van der Waals surface area contributed by atoms with Gasteiger partial charge in [0.25, 0.3) is 11.8 Å². The molecule has 2 heterocycles. The number of nitrogens with zero attached hydrogens (tertiary/aromatic N) is 2. The molecular weight excluding hydrogens is 410 g/mol. The Bertz CT molecular complexity index is 749. The molecule has 3 rings (SSSR count). The zero-order valence-corrected chi connectivity index (χ0v) is 16.3. The lowest BCUT2D eigenvalue weighted by Gasteiger charge is -2.31. The van der Waals surface area contributed by atoms with Crippen LogP contribution in [0.2, 0.25) is 20.1 Å². The minimum absolute atomic E-state index is 0.0914. The molecule has 0 spiro atoms. The van der Waals surface area contributed by atoms with Crippen molar-refractivity contribution in [1.82, 2.24) is 9.80 Å². The second kappa shape index (κ2) is 6.95. The van der Waals surface area contributed by atoms with E-state index in [1.54, 1.807) is 4.90 Å². The lowest BCUT2D eigenvalue weighted by Crippen LogP contribution is -2.46. The maximum absolute atomic E-state index is 12.6. The smallest absolute Gasteiger partial charge is 0.263 e. The Labute approximate surface area is 164 Å². The van der Waals surface area contributed by atoms with Gasteiger partial charge in [0, 0.05) is 13.1 Å². The van der Waals surface area contributed by atoms with Crippen LogP contribution in [0.1, 0.15) is 40.5 Å². The molecule has 9 heteroatoms. The Kier molecular flexibility index (Phi) is 5.22. The summed E-state index contributed by atoms with van der Waals surface area (Å²) in [5, 5.41) is -0.450. The molecule has 0 N–H and O–H groups in total. The van der Waals surface area contributed by atoms with E-state index < -0.39 is 11.8 Å². The number of fused-ring (bicyclic) bond motifs is 1. The van der Waals surface area contributed by atoms with Gasteiger partial charge in [-0.05, 0) is 18.8 Å². The average molecular weight is 424 g/mol. The second-order valence-electron chi connectivity index (χ2n) is 6.29. The lowest BCUT2D eigenvalue weighted by atomic mass is 10.0. The summed E-state index contributed by atoms with van der Waals surface area (Å²) in [4.78, 5) is 40.3.